The van der Waals surface area contributed by atoms with E-state index < -0.39 is 0 Å². The highest BCUT2D eigenvalue weighted by molar-refractivity contribution is 5.94. The summed E-state index contributed by atoms with van der Waals surface area (Å²) in [6, 6.07) is 24.4. The van der Waals surface area contributed by atoms with E-state index in [0.717, 1.165) is 54.9 Å². The fraction of sp³-hybridized carbons (Fsp3) is 0.222. The number of fused-ring (bicyclic) bond motifs is 1. The highest BCUT2D eigenvalue weighted by Crippen LogP contribution is 2.27. The Morgan fingerprint density at radius 3 is 2.24 bits per heavy atom. The van der Waals surface area contributed by atoms with Gasteiger partial charge in [0.1, 0.15) is 5.82 Å². The molecule has 4 aromatic rings. The first-order chi connectivity index (χ1) is 16.7. The van der Waals surface area contributed by atoms with E-state index in [-0.39, 0.29) is 11.7 Å². The predicted molar refractivity (Wildman–Crippen MR) is 132 cm³/mol. The Bertz CT molecular complexity index is 1270. The van der Waals surface area contributed by atoms with Crippen molar-refractivity contribution < 1.29 is 9.18 Å². The minimum absolute atomic E-state index is 0.101. The minimum Gasteiger partial charge on any atom is -0.352 e. The molecule has 7 heteroatoms. The predicted octanol–water partition coefficient (Wildman–Crippen LogP) is 4.12. The zero-order valence-corrected chi connectivity index (χ0v) is 18.8. The van der Waals surface area contributed by atoms with Gasteiger partial charge in [0, 0.05) is 49.1 Å². The number of rotatable bonds is 6. The van der Waals surface area contributed by atoms with Crippen molar-refractivity contribution in [2.24, 2.45) is 0 Å². The molecule has 1 fully saturated rings. The Morgan fingerprint density at radius 1 is 0.824 bits per heavy atom. The van der Waals surface area contributed by atoms with Crippen molar-refractivity contribution in [3.63, 3.8) is 0 Å². The van der Waals surface area contributed by atoms with Gasteiger partial charge in [-0.05, 0) is 29.8 Å². The molecule has 2 heterocycles. The van der Waals surface area contributed by atoms with Crippen LogP contribution in [0, 0.1) is 5.82 Å². The molecule has 0 bridgehead atoms. The van der Waals surface area contributed by atoms with Crippen molar-refractivity contribution in [1.29, 1.82) is 0 Å². The van der Waals surface area contributed by atoms with Crippen molar-refractivity contribution in [1.82, 2.24) is 15.1 Å². The van der Waals surface area contributed by atoms with Gasteiger partial charge in [-0.15, -0.1) is 5.10 Å². The van der Waals surface area contributed by atoms with Crippen molar-refractivity contribution in [2.45, 2.75) is 6.42 Å². The molecule has 34 heavy (non-hydrogen) atoms. The Kier molecular flexibility index (Phi) is 6.44. The molecule has 1 amide bonds. The number of piperazine rings is 1. The van der Waals surface area contributed by atoms with Crippen molar-refractivity contribution in [3.05, 3.63) is 95.9 Å². The third-order valence-electron chi connectivity index (χ3n) is 6.13. The van der Waals surface area contributed by atoms with Crippen LogP contribution in [0.15, 0.2) is 78.9 Å². The van der Waals surface area contributed by atoms with E-state index in [1.807, 2.05) is 30.3 Å². The molecule has 0 saturated carbocycles. The number of aromatic nitrogens is 2. The van der Waals surface area contributed by atoms with Gasteiger partial charge in [0.2, 0.25) is 5.91 Å². The molecule has 0 atom stereocenters. The molecular weight excluding hydrogens is 429 g/mol. The molecule has 0 spiro atoms. The van der Waals surface area contributed by atoms with Crippen molar-refractivity contribution in [2.75, 3.05) is 42.9 Å². The number of hydrogen-bond acceptors (Lipinski definition) is 5. The van der Waals surface area contributed by atoms with Crippen LogP contribution in [-0.2, 0) is 11.2 Å². The molecule has 1 N–H and O–H groups in total. The largest absolute Gasteiger partial charge is 0.352 e. The molecule has 1 aliphatic rings. The highest BCUT2D eigenvalue weighted by atomic mass is 19.1. The maximum atomic E-state index is 13.1. The Labute approximate surface area is 198 Å². The number of anilines is 2. The molecule has 1 aliphatic heterocycles. The molecule has 0 aliphatic carbocycles. The summed E-state index contributed by atoms with van der Waals surface area (Å²) < 4.78 is 13.1. The maximum absolute atomic E-state index is 13.1. The molecule has 172 valence electrons. The van der Waals surface area contributed by atoms with Crippen LogP contribution in [0.1, 0.15) is 11.3 Å². The van der Waals surface area contributed by atoms with E-state index in [1.54, 1.807) is 12.1 Å². The third-order valence-corrected chi connectivity index (χ3v) is 6.13. The average molecular weight is 456 g/mol. The van der Waals surface area contributed by atoms with Gasteiger partial charge in [-0.3, -0.25) is 9.69 Å². The molecule has 1 saturated heterocycles. The number of benzene rings is 3. The third kappa shape index (κ3) is 5.05. The molecule has 6 nitrogen and oxygen atoms in total. The second-order valence-electron chi connectivity index (χ2n) is 8.50. The normalized spacial score (nSPS) is 14.3. The van der Waals surface area contributed by atoms with Crippen LogP contribution in [0.2, 0.25) is 0 Å². The smallest absolute Gasteiger partial charge is 0.238 e. The first-order valence-corrected chi connectivity index (χ1v) is 11.5. The Morgan fingerprint density at radius 2 is 1.50 bits per heavy atom. The second kappa shape index (κ2) is 9.97. The van der Waals surface area contributed by atoms with Gasteiger partial charge in [-0.2, -0.15) is 5.10 Å². The molecule has 0 unspecified atom stereocenters. The lowest BCUT2D eigenvalue weighted by Crippen LogP contribution is -2.49. The van der Waals surface area contributed by atoms with E-state index in [4.69, 9.17) is 0 Å². The Balaban J connectivity index is 1.24. The summed E-state index contributed by atoms with van der Waals surface area (Å²) in [6.45, 7) is 3.33. The summed E-state index contributed by atoms with van der Waals surface area (Å²) in [7, 11) is 0. The van der Waals surface area contributed by atoms with Gasteiger partial charge in [0.05, 0.1) is 12.2 Å². The quantitative estimate of drug-likeness (QED) is 0.474. The monoisotopic (exact) mass is 455 g/mol. The van der Waals surface area contributed by atoms with Gasteiger partial charge in [-0.1, -0.05) is 54.6 Å². The molecule has 1 aromatic heterocycles. The number of amides is 1. The number of carbonyl (C=O) groups is 1. The van der Waals surface area contributed by atoms with Crippen molar-refractivity contribution in [3.8, 4) is 0 Å². The zero-order valence-electron chi connectivity index (χ0n) is 18.8. The SMILES string of the molecule is O=C(CN1CCN(c2nnc(Cc3ccccc3)c3ccccc23)CC1)Nc1ccc(F)cc1. The van der Waals surface area contributed by atoms with E-state index in [2.05, 4.69) is 49.6 Å². The summed E-state index contributed by atoms with van der Waals surface area (Å²) in [6.07, 6.45) is 0.742. The molecule has 3 aromatic carbocycles. The first-order valence-electron chi connectivity index (χ1n) is 11.5. The van der Waals surface area contributed by atoms with Crippen LogP contribution in [0.5, 0.6) is 0 Å². The summed E-state index contributed by atoms with van der Waals surface area (Å²) in [5, 5.41) is 14.3. The van der Waals surface area contributed by atoms with Crippen LogP contribution < -0.4 is 10.2 Å². The van der Waals surface area contributed by atoms with Crippen LogP contribution >= 0.6 is 0 Å². The molecule has 0 radical (unpaired) electrons. The van der Waals surface area contributed by atoms with E-state index in [1.165, 1.54) is 17.7 Å². The van der Waals surface area contributed by atoms with E-state index in [9.17, 15) is 9.18 Å². The van der Waals surface area contributed by atoms with Crippen LogP contribution in [0.3, 0.4) is 0 Å². The van der Waals surface area contributed by atoms with Gasteiger partial charge in [0.25, 0.3) is 0 Å². The number of nitrogens with one attached hydrogen (secondary N) is 1. The lowest BCUT2D eigenvalue weighted by molar-refractivity contribution is -0.117. The van der Waals surface area contributed by atoms with Gasteiger partial charge >= 0.3 is 0 Å². The highest BCUT2D eigenvalue weighted by Gasteiger charge is 2.22. The summed E-state index contributed by atoms with van der Waals surface area (Å²) in [5.41, 5.74) is 2.78. The molecular formula is C27H26FN5O. The number of hydrogen-bond donors (Lipinski definition) is 1. The van der Waals surface area contributed by atoms with Crippen molar-refractivity contribution >= 4 is 28.2 Å². The van der Waals surface area contributed by atoms with Gasteiger partial charge in [-0.25, -0.2) is 4.39 Å². The standard InChI is InChI=1S/C27H26FN5O/c28-21-10-12-22(13-11-21)29-26(34)19-32-14-16-33(17-15-32)27-24-9-5-4-8-23(24)25(30-31-27)18-20-6-2-1-3-7-20/h1-13H,14-19H2,(H,29,34). The van der Waals surface area contributed by atoms with Gasteiger partial charge in [0.15, 0.2) is 5.82 Å². The zero-order chi connectivity index (χ0) is 23.3. The van der Waals surface area contributed by atoms with Crippen LogP contribution in [-0.4, -0.2) is 53.7 Å². The van der Waals surface area contributed by atoms with E-state index in [0.29, 0.717) is 12.2 Å². The van der Waals surface area contributed by atoms with E-state index >= 15 is 0 Å². The molecule has 5 rings (SSSR count). The first kappa shape index (κ1) is 22.0. The lowest BCUT2D eigenvalue weighted by Gasteiger charge is -2.35. The fourth-order valence-corrected chi connectivity index (χ4v) is 4.35. The topological polar surface area (TPSA) is 61.4 Å². The number of nitrogens with zero attached hydrogens (tertiary/aromatic N) is 4. The summed E-state index contributed by atoms with van der Waals surface area (Å²) in [5.74, 6) is 0.469. The average Bonchev–Trinajstić information content (AvgIpc) is 2.87. The fourth-order valence-electron chi connectivity index (χ4n) is 4.35. The van der Waals surface area contributed by atoms with Crippen LogP contribution in [0.4, 0.5) is 15.9 Å². The number of halogens is 1. The maximum Gasteiger partial charge on any atom is 0.238 e. The minimum atomic E-state index is -0.321. The second-order valence-corrected chi connectivity index (χ2v) is 8.50. The summed E-state index contributed by atoms with van der Waals surface area (Å²) >= 11 is 0. The summed E-state index contributed by atoms with van der Waals surface area (Å²) in [4.78, 5) is 16.8. The number of carbonyl (C=O) groups excluding carboxylic acids is 1. The van der Waals surface area contributed by atoms with Crippen LogP contribution in [0.25, 0.3) is 10.8 Å². The van der Waals surface area contributed by atoms with Gasteiger partial charge < -0.3 is 10.2 Å². The lowest BCUT2D eigenvalue weighted by atomic mass is 10.0. The Hall–Kier alpha value is -3.84.